The van der Waals surface area contributed by atoms with Crippen LogP contribution in [0.15, 0.2) is 64.4 Å². The Balaban J connectivity index is 2.29. The monoisotopic (exact) mass is 211 g/mol. The minimum Gasteiger partial charge on any atom is -0.237 e. The van der Waals surface area contributed by atoms with Gasteiger partial charge in [0.05, 0.1) is 6.57 Å². The first-order valence-corrected chi connectivity index (χ1v) is 5.41. The molecule has 0 aliphatic rings. The van der Waals surface area contributed by atoms with Gasteiger partial charge < -0.3 is 0 Å². The van der Waals surface area contributed by atoms with Crippen molar-refractivity contribution in [3.8, 4) is 0 Å². The molecule has 15 heavy (non-hydrogen) atoms. The van der Waals surface area contributed by atoms with E-state index in [-0.39, 0.29) is 0 Å². The number of rotatable bonds is 2. The van der Waals surface area contributed by atoms with Gasteiger partial charge >= 0.3 is 0 Å². The van der Waals surface area contributed by atoms with E-state index in [1.54, 1.807) is 11.8 Å². The van der Waals surface area contributed by atoms with E-state index < -0.39 is 0 Å². The van der Waals surface area contributed by atoms with Crippen LogP contribution in [-0.4, -0.2) is 0 Å². The second-order valence-electron chi connectivity index (χ2n) is 2.99. The van der Waals surface area contributed by atoms with Gasteiger partial charge in [-0.15, -0.1) is 11.8 Å². The quantitative estimate of drug-likeness (QED) is 0.667. The lowest BCUT2D eigenvalue weighted by Gasteiger charge is -2.02. The van der Waals surface area contributed by atoms with Crippen molar-refractivity contribution < 1.29 is 0 Å². The van der Waals surface area contributed by atoms with Crippen molar-refractivity contribution in [2.45, 2.75) is 9.79 Å². The fourth-order valence-electron chi connectivity index (χ4n) is 1.25. The van der Waals surface area contributed by atoms with Gasteiger partial charge in [0.25, 0.3) is 0 Å². The molecule has 0 spiro atoms. The van der Waals surface area contributed by atoms with Gasteiger partial charge in [-0.3, -0.25) is 0 Å². The molecule has 0 N–H and O–H groups in total. The van der Waals surface area contributed by atoms with Crippen LogP contribution in [0.4, 0.5) is 5.69 Å². The van der Waals surface area contributed by atoms with Gasteiger partial charge in [0.15, 0.2) is 0 Å². The zero-order chi connectivity index (χ0) is 10.5. The number of benzene rings is 2. The lowest BCUT2D eigenvalue weighted by molar-refractivity contribution is 1.42. The van der Waals surface area contributed by atoms with Crippen molar-refractivity contribution in [2.24, 2.45) is 0 Å². The van der Waals surface area contributed by atoms with E-state index in [4.69, 9.17) is 6.57 Å². The number of hydrogen-bond acceptors (Lipinski definition) is 1. The van der Waals surface area contributed by atoms with Crippen LogP contribution in [0.25, 0.3) is 4.85 Å². The Morgan fingerprint density at radius 1 is 0.867 bits per heavy atom. The van der Waals surface area contributed by atoms with Gasteiger partial charge in [-0.25, -0.2) is 4.85 Å². The molecule has 0 aliphatic carbocycles. The van der Waals surface area contributed by atoms with E-state index in [2.05, 4.69) is 4.85 Å². The third-order valence-corrected chi connectivity index (χ3v) is 3.03. The maximum absolute atomic E-state index is 7.06. The van der Waals surface area contributed by atoms with E-state index in [9.17, 15) is 0 Å². The van der Waals surface area contributed by atoms with Crippen LogP contribution in [-0.2, 0) is 0 Å². The van der Waals surface area contributed by atoms with Crippen molar-refractivity contribution in [1.82, 2.24) is 0 Å². The minimum absolute atomic E-state index is 0.714. The highest BCUT2D eigenvalue weighted by Crippen LogP contribution is 2.34. The Labute approximate surface area is 93.6 Å². The van der Waals surface area contributed by atoms with Crippen LogP contribution in [0.5, 0.6) is 0 Å². The predicted octanol–water partition coefficient (Wildman–Crippen LogP) is 4.39. The Hall–Kier alpha value is -1.72. The zero-order valence-corrected chi connectivity index (χ0v) is 8.87. The molecule has 2 heteroatoms. The lowest BCUT2D eigenvalue weighted by Crippen LogP contribution is -1.72. The normalized spacial score (nSPS) is 9.53. The Morgan fingerprint density at radius 3 is 2.27 bits per heavy atom. The van der Waals surface area contributed by atoms with Crippen molar-refractivity contribution in [3.63, 3.8) is 0 Å². The topological polar surface area (TPSA) is 4.36 Å². The smallest absolute Gasteiger partial charge is 0.200 e. The van der Waals surface area contributed by atoms with Gasteiger partial charge in [0.1, 0.15) is 0 Å². The summed E-state index contributed by atoms with van der Waals surface area (Å²) in [6.45, 7) is 7.06. The summed E-state index contributed by atoms with van der Waals surface area (Å²) in [5.41, 5.74) is 0.714. The first kappa shape index (κ1) is 9.82. The highest BCUT2D eigenvalue weighted by Gasteiger charge is 2.01. The van der Waals surface area contributed by atoms with E-state index in [0.717, 1.165) is 9.79 Å². The molecule has 2 aromatic rings. The van der Waals surface area contributed by atoms with Crippen molar-refractivity contribution in [2.75, 3.05) is 0 Å². The second kappa shape index (κ2) is 4.68. The number of para-hydroxylation sites is 1. The molecule has 0 radical (unpaired) electrons. The van der Waals surface area contributed by atoms with Crippen LogP contribution >= 0.6 is 11.8 Å². The van der Waals surface area contributed by atoms with Gasteiger partial charge in [-0.05, 0) is 12.1 Å². The molecule has 0 aliphatic heterocycles. The summed E-state index contributed by atoms with van der Waals surface area (Å²) in [6.07, 6.45) is 0. The first-order chi connectivity index (χ1) is 7.40. The van der Waals surface area contributed by atoms with Crippen LogP contribution in [0.1, 0.15) is 0 Å². The average molecular weight is 211 g/mol. The first-order valence-electron chi connectivity index (χ1n) is 4.59. The van der Waals surface area contributed by atoms with Crippen molar-refractivity contribution in [3.05, 3.63) is 66.0 Å². The minimum atomic E-state index is 0.714. The molecule has 0 saturated carbocycles. The number of nitrogens with zero attached hydrogens (tertiary/aromatic N) is 1. The van der Waals surface area contributed by atoms with E-state index in [0.29, 0.717) is 5.69 Å². The van der Waals surface area contributed by atoms with Crippen LogP contribution in [0.2, 0.25) is 0 Å². The summed E-state index contributed by atoms with van der Waals surface area (Å²) in [4.78, 5) is 5.67. The van der Waals surface area contributed by atoms with Crippen molar-refractivity contribution >= 4 is 17.4 Å². The van der Waals surface area contributed by atoms with E-state index in [1.807, 2.05) is 54.6 Å². The third-order valence-electron chi connectivity index (χ3n) is 1.96. The van der Waals surface area contributed by atoms with Gasteiger partial charge in [0, 0.05) is 9.79 Å². The third kappa shape index (κ3) is 2.39. The Bertz CT molecular complexity index is 485. The van der Waals surface area contributed by atoms with Crippen molar-refractivity contribution in [1.29, 1.82) is 0 Å². The molecule has 0 atom stereocenters. The fraction of sp³-hybridized carbons (Fsp3) is 0. The molecule has 0 unspecified atom stereocenters. The lowest BCUT2D eigenvalue weighted by atomic mass is 10.3. The molecule has 0 heterocycles. The zero-order valence-electron chi connectivity index (χ0n) is 8.05. The molecular formula is C13H9NS. The predicted molar refractivity (Wildman–Crippen MR) is 63.3 cm³/mol. The molecule has 2 rings (SSSR count). The molecular weight excluding hydrogens is 202 g/mol. The van der Waals surface area contributed by atoms with E-state index in [1.165, 1.54) is 0 Å². The fourth-order valence-corrected chi connectivity index (χ4v) is 2.16. The molecule has 0 bridgehead atoms. The van der Waals surface area contributed by atoms with E-state index >= 15 is 0 Å². The molecule has 0 amide bonds. The van der Waals surface area contributed by atoms with Crippen LogP contribution in [0.3, 0.4) is 0 Å². The summed E-state index contributed by atoms with van der Waals surface area (Å²) in [5, 5.41) is 0. The summed E-state index contributed by atoms with van der Waals surface area (Å²) < 4.78 is 0. The van der Waals surface area contributed by atoms with Gasteiger partial charge in [-0.2, -0.15) is 0 Å². The molecule has 0 saturated heterocycles. The van der Waals surface area contributed by atoms with Gasteiger partial charge in [-0.1, -0.05) is 42.5 Å². The summed E-state index contributed by atoms with van der Waals surface area (Å²) in [5.74, 6) is 0. The van der Waals surface area contributed by atoms with Crippen LogP contribution < -0.4 is 0 Å². The van der Waals surface area contributed by atoms with Crippen LogP contribution in [0, 0.1) is 6.57 Å². The maximum atomic E-state index is 7.06. The molecule has 1 nitrogen and oxygen atoms in total. The SMILES string of the molecule is [C-]#[N+]c1ccccc1Sc1ccccc1. The average Bonchev–Trinajstić information content (AvgIpc) is 2.31. The Morgan fingerprint density at radius 2 is 1.53 bits per heavy atom. The summed E-state index contributed by atoms with van der Waals surface area (Å²) in [7, 11) is 0. The maximum Gasteiger partial charge on any atom is 0.200 e. The molecule has 0 aromatic heterocycles. The highest BCUT2D eigenvalue weighted by atomic mass is 32.2. The second-order valence-corrected chi connectivity index (χ2v) is 4.11. The highest BCUT2D eigenvalue weighted by molar-refractivity contribution is 7.99. The summed E-state index contributed by atoms with van der Waals surface area (Å²) >= 11 is 1.63. The molecule has 72 valence electrons. The van der Waals surface area contributed by atoms with Gasteiger partial charge in [0.2, 0.25) is 5.69 Å². The molecule has 2 aromatic carbocycles. The summed E-state index contributed by atoms with van der Waals surface area (Å²) in [6, 6.07) is 17.8. The number of hydrogen-bond donors (Lipinski definition) is 0. The Kier molecular flexibility index (Phi) is 3.06. The largest absolute Gasteiger partial charge is 0.237 e. The standard InChI is InChI=1S/C13H9NS/c1-14-12-9-5-6-10-13(12)15-11-7-3-2-4-8-11/h2-10H. The molecule has 0 fully saturated rings.